The maximum Gasteiger partial charge on any atom is 0.306 e. The van der Waals surface area contributed by atoms with Crippen LogP contribution in [0.25, 0.3) is 0 Å². The highest BCUT2D eigenvalue weighted by Crippen LogP contribution is 2.41. The Morgan fingerprint density at radius 3 is 1.04 bits per heavy atom. The van der Waals surface area contributed by atoms with Crippen molar-refractivity contribution >= 4 is 11.9 Å². The number of nitrogens with zero attached hydrogens (tertiary/aromatic N) is 2. The number of hydrogen-bond donors (Lipinski definition) is 0. The van der Waals surface area contributed by atoms with Gasteiger partial charge in [-0.05, 0) is 68.2 Å². The van der Waals surface area contributed by atoms with Crippen molar-refractivity contribution in [1.29, 1.82) is 0 Å². The van der Waals surface area contributed by atoms with E-state index in [0.717, 1.165) is 12.8 Å². The maximum atomic E-state index is 12.9. The summed E-state index contributed by atoms with van der Waals surface area (Å²) in [6.45, 7) is 23.2. The van der Waals surface area contributed by atoms with Crippen molar-refractivity contribution in [2.75, 3.05) is 13.2 Å². The molecule has 2 heterocycles. The SMILES string of the molecule is CCCCCCCCCCON1C(C)(C)CC(OC(=O)CCC(=O)OC2CC(C)(C)N(OCCCCCCCC)C(C)(C)C2)CC1(C)C. The number of piperidine rings is 2. The fourth-order valence-electron chi connectivity index (χ4n) is 8.33. The summed E-state index contributed by atoms with van der Waals surface area (Å²) in [6, 6.07) is 0. The smallest absolute Gasteiger partial charge is 0.306 e. The van der Waals surface area contributed by atoms with Gasteiger partial charge in [0.05, 0.1) is 26.1 Å². The van der Waals surface area contributed by atoms with Gasteiger partial charge >= 0.3 is 11.9 Å². The summed E-state index contributed by atoms with van der Waals surface area (Å²) in [7, 11) is 0. The van der Waals surface area contributed by atoms with Crippen molar-refractivity contribution in [2.45, 2.75) is 232 Å². The van der Waals surface area contributed by atoms with Crippen molar-refractivity contribution in [3.8, 4) is 0 Å². The molecule has 2 fully saturated rings. The molecule has 0 spiro atoms. The summed E-state index contributed by atoms with van der Waals surface area (Å²) in [5.41, 5.74) is -1.11. The molecule has 48 heavy (non-hydrogen) atoms. The Labute approximate surface area is 295 Å². The van der Waals surface area contributed by atoms with E-state index in [1.807, 2.05) is 0 Å². The molecule has 8 heteroatoms. The second-order valence-electron chi connectivity index (χ2n) is 17.3. The first-order valence-electron chi connectivity index (χ1n) is 19.8. The molecule has 0 bridgehead atoms. The van der Waals surface area contributed by atoms with Gasteiger partial charge in [0.15, 0.2) is 0 Å². The van der Waals surface area contributed by atoms with Crippen LogP contribution in [0.5, 0.6) is 0 Å². The van der Waals surface area contributed by atoms with Crippen LogP contribution in [-0.2, 0) is 28.7 Å². The highest BCUT2D eigenvalue weighted by molar-refractivity contribution is 5.77. The van der Waals surface area contributed by atoms with Crippen LogP contribution in [0.4, 0.5) is 0 Å². The molecular formula is C40H76N2O6. The molecule has 0 atom stereocenters. The molecule has 282 valence electrons. The molecular weight excluding hydrogens is 604 g/mol. The van der Waals surface area contributed by atoms with E-state index in [2.05, 4.69) is 79.4 Å². The number of esters is 2. The number of hydroxylamine groups is 4. The van der Waals surface area contributed by atoms with Crippen molar-refractivity contribution in [3.63, 3.8) is 0 Å². The molecule has 2 saturated heterocycles. The third-order valence-electron chi connectivity index (χ3n) is 10.2. The van der Waals surface area contributed by atoms with Gasteiger partial charge < -0.3 is 9.47 Å². The van der Waals surface area contributed by atoms with E-state index in [9.17, 15) is 9.59 Å². The van der Waals surface area contributed by atoms with Crippen LogP contribution in [0.1, 0.15) is 198 Å². The van der Waals surface area contributed by atoms with Crippen LogP contribution in [0.15, 0.2) is 0 Å². The Kier molecular flexibility index (Phi) is 18.4. The van der Waals surface area contributed by atoms with E-state index in [1.54, 1.807) is 0 Å². The van der Waals surface area contributed by atoms with Gasteiger partial charge in [0, 0.05) is 47.8 Å². The average Bonchev–Trinajstić information content (AvgIpc) is 2.95. The Morgan fingerprint density at radius 1 is 0.479 bits per heavy atom. The Balaban J connectivity index is 1.74. The summed E-state index contributed by atoms with van der Waals surface area (Å²) in [5.74, 6) is -0.676. The van der Waals surface area contributed by atoms with E-state index in [1.165, 1.54) is 77.0 Å². The number of rotatable bonds is 23. The molecule has 0 radical (unpaired) electrons. The lowest BCUT2D eigenvalue weighted by Crippen LogP contribution is -2.62. The average molecular weight is 681 g/mol. The monoisotopic (exact) mass is 681 g/mol. The lowest BCUT2D eigenvalue weighted by molar-refractivity contribution is -0.294. The quantitative estimate of drug-likeness (QED) is 0.0780. The van der Waals surface area contributed by atoms with Crippen LogP contribution in [-0.4, -0.2) is 69.6 Å². The zero-order valence-corrected chi connectivity index (χ0v) is 33.1. The molecule has 0 aromatic rings. The molecule has 0 aromatic carbocycles. The van der Waals surface area contributed by atoms with Crippen molar-refractivity contribution in [2.24, 2.45) is 0 Å². The van der Waals surface area contributed by atoms with Crippen LogP contribution in [0, 0.1) is 0 Å². The molecule has 0 N–H and O–H groups in total. The summed E-state index contributed by atoms with van der Waals surface area (Å²) in [4.78, 5) is 38.5. The lowest BCUT2D eigenvalue weighted by atomic mass is 9.80. The zero-order chi connectivity index (χ0) is 35.8. The van der Waals surface area contributed by atoms with Gasteiger partial charge in [0.2, 0.25) is 0 Å². The van der Waals surface area contributed by atoms with Crippen molar-refractivity contribution in [3.05, 3.63) is 0 Å². The third kappa shape index (κ3) is 14.9. The molecule has 0 aromatic heterocycles. The molecule has 0 saturated carbocycles. The van der Waals surface area contributed by atoms with Gasteiger partial charge in [-0.1, -0.05) is 90.9 Å². The Hall–Kier alpha value is -1.22. The molecule has 2 aliphatic rings. The molecule has 2 rings (SSSR count). The normalized spacial score (nSPS) is 21.3. The standard InChI is InChI=1S/C40H76N2O6/c1-11-13-15-17-19-20-22-24-28-46-42-39(7,8)31-34(32-40(42,9)10)48-36(44)26-25-35(43)47-33-29-37(3,4)41(38(5,6)30-33)45-27-23-21-18-16-14-12-2/h33-34H,11-32H2,1-10H3. The van der Waals surface area contributed by atoms with E-state index in [0.29, 0.717) is 38.9 Å². The predicted molar refractivity (Wildman–Crippen MR) is 195 cm³/mol. The number of carbonyl (C=O) groups is 2. The minimum atomic E-state index is -0.338. The van der Waals surface area contributed by atoms with E-state index >= 15 is 0 Å². The fraction of sp³-hybridized carbons (Fsp3) is 0.950. The highest BCUT2D eigenvalue weighted by atomic mass is 16.7. The predicted octanol–water partition coefficient (Wildman–Crippen LogP) is 10.3. The maximum absolute atomic E-state index is 12.9. The zero-order valence-electron chi connectivity index (χ0n) is 33.1. The summed E-state index contributed by atoms with van der Waals surface area (Å²) in [6.07, 6.45) is 19.9. The van der Waals surface area contributed by atoms with Crippen LogP contribution < -0.4 is 0 Å². The van der Waals surface area contributed by atoms with Crippen LogP contribution in [0.3, 0.4) is 0 Å². The number of unbranched alkanes of at least 4 members (excludes halogenated alkanes) is 12. The van der Waals surface area contributed by atoms with Gasteiger partial charge in [0.25, 0.3) is 0 Å². The Bertz CT molecular complexity index is 897. The second-order valence-corrected chi connectivity index (χ2v) is 17.3. The van der Waals surface area contributed by atoms with E-state index in [-0.39, 0.29) is 59.1 Å². The summed E-state index contributed by atoms with van der Waals surface area (Å²) in [5, 5.41) is 4.26. The van der Waals surface area contributed by atoms with Gasteiger partial charge in [-0.15, -0.1) is 0 Å². The van der Waals surface area contributed by atoms with Crippen molar-refractivity contribution < 1.29 is 28.7 Å². The molecule has 8 nitrogen and oxygen atoms in total. The molecule has 0 unspecified atom stereocenters. The second kappa shape index (κ2) is 20.6. The van der Waals surface area contributed by atoms with Gasteiger partial charge in [-0.25, -0.2) is 0 Å². The molecule has 0 aliphatic carbocycles. The summed E-state index contributed by atoms with van der Waals surface area (Å²) < 4.78 is 11.9. The van der Waals surface area contributed by atoms with Crippen molar-refractivity contribution in [1.82, 2.24) is 10.1 Å². The highest BCUT2D eigenvalue weighted by Gasteiger charge is 2.49. The van der Waals surface area contributed by atoms with Crippen LogP contribution in [0.2, 0.25) is 0 Å². The molecule has 0 amide bonds. The van der Waals surface area contributed by atoms with E-state index in [4.69, 9.17) is 19.1 Å². The van der Waals surface area contributed by atoms with E-state index < -0.39 is 0 Å². The lowest BCUT2D eigenvalue weighted by Gasteiger charge is -2.53. The minimum absolute atomic E-state index is 0.0295. The molecule has 2 aliphatic heterocycles. The van der Waals surface area contributed by atoms with Crippen LogP contribution >= 0.6 is 0 Å². The number of hydrogen-bond acceptors (Lipinski definition) is 8. The van der Waals surface area contributed by atoms with Gasteiger partial charge in [0.1, 0.15) is 12.2 Å². The third-order valence-corrected chi connectivity index (χ3v) is 10.2. The number of ether oxygens (including phenoxy) is 2. The largest absolute Gasteiger partial charge is 0.462 e. The van der Waals surface area contributed by atoms with Gasteiger partial charge in [-0.3, -0.25) is 19.3 Å². The Morgan fingerprint density at radius 2 is 0.750 bits per heavy atom. The topological polar surface area (TPSA) is 77.5 Å². The summed E-state index contributed by atoms with van der Waals surface area (Å²) >= 11 is 0. The number of carbonyl (C=O) groups excluding carboxylic acids is 2. The van der Waals surface area contributed by atoms with Gasteiger partial charge in [-0.2, -0.15) is 10.1 Å². The first-order valence-corrected chi connectivity index (χ1v) is 19.8. The first-order chi connectivity index (χ1) is 22.5. The minimum Gasteiger partial charge on any atom is -0.462 e. The fourth-order valence-corrected chi connectivity index (χ4v) is 8.33. The first kappa shape index (κ1) is 42.9.